The van der Waals surface area contributed by atoms with E-state index in [4.69, 9.17) is 11.6 Å². The molecule has 0 radical (unpaired) electrons. The van der Waals surface area contributed by atoms with Gasteiger partial charge in [0.25, 0.3) is 0 Å². The minimum Gasteiger partial charge on any atom is -0.326 e. The molecule has 3 aromatic rings. The van der Waals surface area contributed by atoms with Crippen molar-refractivity contribution in [3.8, 4) is 11.3 Å². The molecule has 0 aliphatic heterocycles. The summed E-state index contributed by atoms with van der Waals surface area (Å²) >= 11 is 7.58. The number of amides is 1. The third-order valence-electron chi connectivity index (χ3n) is 3.61. The molecule has 0 saturated heterocycles. The van der Waals surface area contributed by atoms with E-state index in [0.29, 0.717) is 17.9 Å². The Hall–Kier alpha value is -2.17. The third kappa shape index (κ3) is 4.43. The molecule has 0 atom stereocenters. The SMILES string of the molecule is Cc1nc(-c2ccc(NC(=O)CCc3cccc(Cl)c3)cc2)cs1. The lowest BCUT2D eigenvalue weighted by molar-refractivity contribution is -0.116. The lowest BCUT2D eigenvalue weighted by Gasteiger charge is -2.06. The fourth-order valence-corrected chi connectivity index (χ4v) is 3.23. The summed E-state index contributed by atoms with van der Waals surface area (Å²) in [5, 5.41) is 6.70. The van der Waals surface area contributed by atoms with Crippen LogP contribution in [0.25, 0.3) is 11.3 Å². The van der Waals surface area contributed by atoms with Gasteiger partial charge in [0.05, 0.1) is 10.7 Å². The molecule has 2 aromatic carbocycles. The number of nitrogens with one attached hydrogen (secondary N) is 1. The molecule has 3 rings (SSSR count). The average Bonchev–Trinajstić information content (AvgIpc) is 3.00. The molecule has 122 valence electrons. The zero-order chi connectivity index (χ0) is 16.9. The zero-order valence-electron chi connectivity index (χ0n) is 13.3. The van der Waals surface area contributed by atoms with Crippen LogP contribution < -0.4 is 5.32 Å². The molecule has 1 aromatic heterocycles. The van der Waals surface area contributed by atoms with Gasteiger partial charge in [0.15, 0.2) is 0 Å². The van der Waals surface area contributed by atoms with Crippen molar-refractivity contribution in [2.45, 2.75) is 19.8 Å². The first-order valence-electron chi connectivity index (χ1n) is 7.67. The van der Waals surface area contributed by atoms with Crippen LogP contribution in [0.15, 0.2) is 53.9 Å². The van der Waals surface area contributed by atoms with Crippen molar-refractivity contribution < 1.29 is 4.79 Å². The van der Waals surface area contributed by atoms with Crippen molar-refractivity contribution in [3.63, 3.8) is 0 Å². The van der Waals surface area contributed by atoms with E-state index in [1.165, 1.54) is 0 Å². The first-order chi connectivity index (χ1) is 11.6. The van der Waals surface area contributed by atoms with Crippen LogP contribution in [0.1, 0.15) is 17.0 Å². The number of carbonyl (C=O) groups excluding carboxylic acids is 1. The van der Waals surface area contributed by atoms with E-state index >= 15 is 0 Å². The molecule has 0 spiro atoms. The zero-order valence-corrected chi connectivity index (χ0v) is 14.8. The summed E-state index contributed by atoms with van der Waals surface area (Å²) < 4.78 is 0. The first kappa shape index (κ1) is 16.7. The van der Waals surface area contributed by atoms with Crippen LogP contribution in [0.3, 0.4) is 0 Å². The molecular formula is C19H17ClN2OS. The smallest absolute Gasteiger partial charge is 0.224 e. The Morgan fingerprint density at radius 2 is 2.00 bits per heavy atom. The Kier molecular flexibility index (Phi) is 5.28. The third-order valence-corrected chi connectivity index (χ3v) is 4.62. The van der Waals surface area contributed by atoms with Gasteiger partial charge in [0, 0.05) is 28.1 Å². The number of carbonyl (C=O) groups is 1. The van der Waals surface area contributed by atoms with Gasteiger partial charge in [0.2, 0.25) is 5.91 Å². The number of anilines is 1. The number of halogens is 1. The number of hydrogen-bond acceptors (Lipinski definition) is 3. The predicted octanol–water partition coefficient (Wildman–Crippen LogP) is 5.34. The topological polar surface area (TPSA) is 42.0 Å². The molecule has 0 aliphatic carbocycles. The monoisotopic (exact) mass is 356 g/mol. The van der Waals surface area contributed by atoms with E-state index in [-0.39, 0.29) is 5.91 Å². The molecule has 0 fully saturated rings. The highest BCUT2D eigenvalue weighted by Crippen LogP contribution is 2.23. The van der Waals surface area contributed by atoms with Crippen LogP contribution in [0.4, 0.5) is 5.69 Å². The summed E-state index contributed by atoms with van der Waals surface area (Å²) in [6.45, 7) is 1.99. The Morgan fingerprint density at radius 1 is 1.21 bits per heavy atom. The lowest BCUT2D eigenvalue weighted by atomic mass is 10.1. The van der Waals surface area contributed by atoms with Crippen LogP contribution in [-0.4, -0.2) is 10.9 Å². The summed E-state index contributed by atoms with van der Waals surface area (Å²) in [7, 11) is 0. The molecule has 0 aliphatic rings. The van der Waals surface area contributed by atoms with Crippen LogP contribution in [-0.2, 0) is 11.2 Å². The Bertz CT molecular complexity index is 843. The number of benzene rings is 2. The maximum Gasteiger partial charge on any atom is 0.224 e. The van der Waals surface area contributed by atoms with Crippen molar-refractivity contribution in [3.05, 3.63) is 69.5 Å². The fourth-order valence-electron chi connectivity index (χ4n) is 2.39. The lowest BCUT2D eigenvalue weighted by Crippen LogP contribution is -2.12. The Morgan fingerprint density at radius 3 is 2.67 bits per heavy atom. The van der Waals surface area contributed by atoms with Crippen LogP contribution in [0.2, 0.25) is 5.02 Å². The number of nitrogens with zero attached hydrogens (tertiary/aromatic N) is 1. The second-order valence-corrected chi connectivity index (χ2v) is 7.01. The van der Waals surface area contributed by atoms with E-state index in [9.17, 15) is 4.79 Å². The van der Waals surface area contributed by atoms with E-state index in [1.807, 2.05) is 60.8 Å². The molecule has 0 saturated carbocycles. The van der Waals surface area contributed by atoms with Crippen molar-refractivity contribution >= 4 is 34.5 Å². The second-order valence-electron chi connectivity index (χ2n) is 5.51. The molecule has 5 heteroatoms. The largest absolute Gasteiger partial charge is 0.326 e. The maximum absolute atomic E-state index is 12.1. The highest BCUT2D eigenvalue weighted by atomic mass is 35.5. The minimum atomic E-state index is -0.00720. The van der Waals surface area contributed by atoms with Crippen LogP contribution >= 0.6 is 22.9 Å². The number of hydrogen-bond donors (Lipinski definition) is 1. The summed E-state index contributed by atoms with van der Waals surface area (Å²) in [6, 6.07) is 15.3. The van der Waals surface area contributed by atoms with E-state index in [0.717, 1.165) is 27.5 Å². The van der Waals surface area contributed by atoms with Gasteiger partial charge in [0.1, 0.15) is 0 Å². The van der Waals surface area contributed by atoms with E-state index in [2.05, 4.69) is 10.3 Å². The van der Waals surface area contributed by atoms with Crippen molar-refractivity contribution in [1.82, 2.24) is 4.98 Å². The quantitative estimate of drug-likeness (QED) is 0.670. The van der Waals surface area contributed by atoms with E-state index in [1.54, 1.807) is 11.3 Å². The Labute approximate surface area is 150 Å². The first-order valence-corrected chi connectivity index (χ1v) is 8.93. The number of rotatable bonds is 5. The minimum absolute atomic E-state index is 0.00720. The standard InChI is InChI=1S/C19H17ClN2OS/c1-13-21-18(12-24-13)15-6-8-17(9-7-15)22-19(23)10-5-14-3-2-4-16(20)11-14/h2-4,6-9,11-12H,5,10H2,1H3,(H,22,23). The predicted molar refractivity (Wildman–Crippen MR) is 101 cm³/mol. The molecule has 24 heavy (non-hydrogen) atoms. The van der Waals surface area contributed by atoms with Crippen LogP contribution in [0, 0.1) is 6.92 Å². The van der Waals surface area contributed by atoms with Gasteiger partial charge < -0.3 is 5.32 Å². The van der Waals surface area contributed by atoms with Gasteiger partial charge in [-0.3, -0.25) is 4.79 Å². The summed E-state index contributed by atoms with van der Waals surface area (Å²) in [4.78, 5) is 16.5. The molecule has 0 bridgehead atoms. The maximum atomic E-state index is 12.1. The van der Waals surface area contributed by atoms with Gasteiger partial charge in [-0.25, -0.2) is 4.98 Å². The van der Waals surface area contributed by atoms with Crippen molar-refractivity contribution in [2.75, 3.05) is 5.32 Å². The summed E-state index contributed by atoms with van der Waals surface area (Å²) in [6.07, 6.45) is 1.09. The molecule has 1 heterocycles. The number of aromatic nitrogens is 1. The van der Waals surface area contributed by atoms with Crippen molar-refractivity contribution in [1.29, 1.82) is 0 Å². The average molecular weight is 357 g/mol. The molecule has 1 N–H and O–H groups in total. The molecular weight excluding hydrogens is 340 g/mol. The summed E-state index contributed by atoms with van der Waals surface area (Å²) in [5.74, 6) is -0.00720. The Balaban J connectivity index is 1.56. The van der Waals surface area contributed by atoms with Gasteiger partial charge in [-0.15, -0.1) is 11.3 Å². The number of aryl methyl sites for hydroxylation is 2. The molecule has 3 nitrogen and oxygen atoms in total. The fraction of sp³-hybridized carbons (Fsp3) is 0.158. The van der Waals surface area contributed by atoms with Gasteiger partial charge >= 0.3 is 0 Å². The number of thiazole rings is 1. The van der Waals surface area contributed by atoms with Gasteiger partial charge in [-0.2, -0.15) is 0 Å². The van der Waals surface area contributed by atoms with E-state index < -0.39 is 0 Å². The molecule has 1 amide bonds. The highest BCUT2D eigenvalue weighted by Gasteiger charge is 2.05. The molecule has 0 unspecified atom stereocenters. The van der Waals surface area contributed by atoms with Gasteiger partial charge in [-0.05, 0) is 43.2 Å². The van der Waals surface area contributed by atoms with Crippen LogP contribution in [0.5, 0.6) is 0 Å². The van der Waals surface area contributed by atoms with Crippen molar-refractivity contribution in [2.24, 2.45) is 0 Å². The second kappa shape index (κ2) is 7.60. The highest BCUT2D eigenvalue weighted by molar-refractivity contribution is 7.09. The summed E-state index contributed by atoms with van der Waals surface area (Å²) in [5.41, 5.74) is 3.88. The van der Waals surface area contributed by atoms with Gasteiger partial charge in [-0.1, -0.05) is 35.9 Å². The normalized spacial score (nSPS) is 10.6.